The fraction of sp³-hybridized carbons (Fsp3) is 0.231. The molecule has 0 saturated carbocycles. The molecule has 0 fully saturated rings. The molecule has 35 heavy (non-hydrogen) atoms. The molecule has 0 unspecified atom stereocenters. The average molecular weight is 506 g/mol. The molecular formula is C26H20ClF4NO3. The lowest BCUT2D eigenvalue weighted by atomic mass is 9.96. The largest absolute Gasteiger partial charge is 0.472 e. The number of hydrogen-bond donors (Lipinski definition) is 0. The number of halogens is 5. The van der Waals surface area contributed by atoms with Gasteiger partial charge in [0.2, 0.25) is 5.88 Å². The Morgan fingerprint density at radius 2 is 1.71 bits per heavy atom. The van der Waals surface area contributed by atoms with Gasteiger partial charge in [0.15, 0.2) is 11.6 Å². The van der Waals surface area contributed by atoms with Crippen LogP contribution in [0.2, 0.25) is 5.02 Å². The van der Waals surface area contributed by atoms with Gasteiger partial charge in [0.1, 0.15) is 18.2 Å². The number of pyridine rings is 1. The number of ether oxygens (including phenoxy) is 2. The zero-order valence-corrected chi connectivity index (χ0v) is 19.4. The van der Waals surface area contributed by atoms with E-state index in [9.17, 15) is 22.4 Å². The van der Waals surface area contributed by atoms with E-state index in [1.807, 2.05) is 0 Å². The van der Waals surface area contributed by atoms with Crippen molar-refractivity contribution in [1.82, 2.24) is 4.98 Å². The van der Waals surface area contributed by atoms with Gasteiger partial charge in [-0.05, 0) is 73.2 Å². The molecule has 4 nitrogen and oxygen atoms in total. The normalized spacial score (nSPS) is 13.3. The zero-order chi connectivity index (χ0) is 25.1. The quantitative estimate of drug-likeness (QED) is 0.194. The lowest BCUT2D eigenvalue weighted by molar-refractivity contribution is 0.0521. The molecule has 0 amide bonds. The van der Waals surface area contributed by atoms with E-state index in [1.54, 1.807) is 19.1 Å². The summed E-state index contributed by atoms with van der Waals surface area (Å²) >= 11 is 6.18. The van der Waals surface area contributed by atoms with Crippen molar-refractivity contribution in [3.05, 3.63) is 93.1 Å². The summed E-state index contributed by atoms with van der Waals surface area (Å²) in [5, 5.41) is 0.306. The van der Waals surface area contributed by atoms with Crippen LogP contribution in [0.15, 0.2) is 42.6 Å². The monoisotopic (exact) mass is 505 g/mol. The minimum Gasteiger partial charge on any atom is -0.472 e. The van der Waals surface area contributed by atoms with Crippen LogP contribution in [0.1, 0.15) is 53.2 Å². The molecule has 0 bridgehead atoms. The number of benzene rings is 2. The summed E-state index contributed by atoms with van der Waals surface area (Å²) in [5.74, 6) is -4.88. The van der Waals surface area contributed by atoms with Crippen molar-refractivity contribution >= 4 is 28.7 Å². The Morgan fingerprint density at radius 1 is 1.00 bits per heavy atom. The van der Waals surface area contributed by atoms with Gasteiger partial charge in [0, 0.05) is 11.8 Å². The van der Waals surface area contributed by atoms with Gasteiger partial charge in [0.05, 0.1) is 22.8 Å². The molecule has 1 aromatic heterocycles. The van der Waals surface area contributed by atoms with E-state index in [-0.39, 0.29) is 18.1 Å². The van der Waals surface area contributed by atoms with Crippen molar-refractivity contribution < 1.29 is 31.8 Å². The van der Waals surface area contributed by atoms with E-state index in [0.29, 0.717) is 35.1 Å². The average Bonchev–Trinajstić information content (AvgIpc) is 3.32. The lowest BCUT2D eigenvalue weighted by Gasteiger charge is -2.15. The first-order valence-corrected chi connectivity index (χ1v) is 11.3. The van der Waals surface area contributed by atoms with Gasteiger partial charge < -0.3 is 9.47 Å². The molecule has 0 atom stereocenters. The second-order valence-electron chi connectivity index (χ2n) is 7.84. The molecule has 0 radical (unpaired) electrons. The second-order valence-corrected chi connectivity index (χ2v) is 8.28. The Hall–Kier alpha value is -3.39. The minimum absolute atomic E-state index is 0.0552. The highest BCUT2D eigenvalue weighted by Gasteiger charge is 2.24. The number of rotatable bonds is 7. The third-order valence-corrected chi connectivity index (χ3v) is 5.87. The van der Waals surface area contributed by atoms with Gasteiger partial charge in [-0.25, -0.2) is 27.3 Å². The maximum absolute atomic E-state index is 14.3. The maximum atomic E-state index is 14.3. The summed E-state index contributed by atoms with van der Waals surface area (Å²) in [6.45, 7) is 1.15. The molecule has 4 rings (SSSR count). The van der Waals surface area contributed by atoms with E-state index >= 15 is 0 Å². The first kappa shape index (κ1) is 24.7. The van der Waals surface area contributed by atoms with Crippen molar-refractivity contribution in [2.24, 2.45) is 0 Å². The van der Waals surface area contributed by atoms with Crippen LogP contribution in [0.4, 0.5) is 17.6 Å². The summed E-state index contributed by atoms with van der Waals surface area (Å²) in [7, 11) is 0. The fourth-order valence-corrected chi connectivity index (χ4v) is 4.20. The number of esters is 1. The zero-order valence-electron chi connectivity index (χ0n) is 18.6. The van der Waals surface area contributed by atoms with Crippen molar-refractivity contribution in [2.75, 3.05) is 6.61 Å². The maximum Gasteiger partial charge on any atom is 0.341 e. The van der Waals surface area contributed by atoms with E-state index in [0.717, 1.165) is 23.6 Å². The predicted octanol–water partition coefficient (Wildman–Crippen LogP) is 7.14. The minimum atomic E-state index is -1.33. The van der Waals surface area contributed by atoms with Crippen LogP contribution in [0.25, 0.3) is 11.1 Å². The van der Waals surface area contributed by atoms with E-state index in [4.69, 9.17) is 21.1 Å². The number of carbonyl (C=O) groups excluding carboxylic acids is 1. The van der Waals surface area contributed by atoms with Crippen LogP contribution in [0.5, 0.6) is 5.88 Å². The Bertz CT molecular complexity index is 1330. The molecule has 0 aliphatic heterocycles. The van der Waals surface area contributed by atoms with E-state index < -0.39 is 41.4 Å². The summed E-state index contributed by atoms with van der Waals surface area (Å²) in [6, 6.07) is 7.33. The van der Waals surface area contributed by atoms with Crippen LogP contribution >= 0.6 is 11.6 Å². The smallest absolute Gasteiger partial charge is 0.341 e. The molecule has 0 N–H and O–H groups in total. The number of allylic oxidation sites excluding steroid dienone is 2. The summed E-state index contributed by atoms with van der Waals surface area (Å²) < 4.78 is 66.6. The SMILES string of the molecule is CCOC(=O)c1cc(C2=C(c3cc(Cl)cnc3OCc3c(F)ccc(F)c3F)CCC2)ccc1F. The predicted molar refractivity (Wildman–Crippen MR) is 123 cm³/mol. The molecular weight excluding hydrogens is 486 g/mol. The molecule has 0 spiro atoms. The summed E-state index contributed by atoms with van der Waals surface area (Å²) in [6.07, 6.45) is 3.31. The Labute approximate surface area is 204 Å². The van der Waals surface area contributed by atoms with Crippen molar-refractivity contribution in [1.29, 1.82) is 0 Å². The second kappa shape index (κ2) is 10.5. The highest BCUT2D eigenvalue weighted by molar-refractivity contribution is 6.30. The number of hydrogen-bond acceptors (Lipinski definition) is 4. The summed E-state index contributed by atoms with van der Waals surface area (Å²) in [4.78, 5) is 16.3. The van der Waals surface area contributed by atoms with Crippen LogP contribution < -0.4 is 4.74 Å². The van der Waals surface area contributed by atoms with Gasteiger partial charge in [-0.2, -0.15) is 0 Å². The Morgan fingerprint density at radius 3 is 2.49 bits per heavy atom. The Balaban J connectivity index is 1.73. The highest BCUT2D eigenvalue weighted by atomic mass is 35.5. The van der Waals surface area contributed by atoms with Crippen molar-refractivity contribution in [3.63, 3.8) is 0 Å². The number of nitrogens with zero attached hydrogens (tertiary/aromatic N) is 1. The van der Waals surface area contributed by atoms with E-state index in [2.05, 4.69) is 4.98 Å². The van der Waals surface area contributed by atoms with Gasteiger partial charge in [0.25, 0.3) is 0 Å². The molecule has 3 aromatic rings. The van der Waals surface area contributed by atoms with Crippen LogP contribution in [0.3, 0.4) is 0 Å². The van der Waals surface area contributed by atoms with Crippen LogP contribution in [0, 0.1) is 23.3 Å². The van der Waals surface area contributed by atoms with Gasteiger partial charge in [-0.3, -0.25) is 0 Å². The molecule has 182 valence electrons. The van der Waals surface area contributed by atoms with Crippen molar-refractivity contribution in [3.8, 4) is 5.88 Å². The van der Waals surface area contributed by atoms with Crippen LogP contribution in [-0.4, -0.2) is 17.6 Å². The fourth-order valence-electron chi connectivity index (χ4n) is 4.04. The van der Waals surface area contributed by atoms with Gasteiger partial charge in [-0.1, -0.05) is 17.7 Å². The molecule has 2 aromatic carbocycles. The molecule has 1 aliphatic rings. The summed E-state index contributed by atoms with van der Waals surface area (Å²) in [5.41, 5.74) is 1.98. The molecule has 1 heterocycles. The molecule has 0 saturated heterocycles. The van der Waals surface area contributed by atoms with Crippen molar-refractivity contribution in [2.45, 2.75) is 32.8 Å². The van der Waals surface area contributed by atoms with Crippen LogP contribution in [-0.2, 0) is 11.3 Å². The van der Waals surface area contributed by atoms with E-state index in [1.165, 1.54) is 18.3 Å². The molecule has 1 aliphatic carbocycles. The standard InChI is InChI=1S/C26H20ClF4NO3/c1-2-34-26(33)19-10-14(6-7-21(19)28)16-4-3-5-17(16)18-11-15(27)12-32-25(18)35-13-20-22(29)8-9-23(30)24(20)31/h6-12H,2-5,13H2,1H3. The number of aromatic nitrogens is 1. The first-order chi connectivity index (χ1) is 16.8. The first-order valence-electron chi connectivity index (χ1n) is 10.9. The lowest BCUT2D eigenvalue weighted by Crippen LogP contribution is -2.08. The highest BCUT2D eigenvalue weighted by Crippen LogP contribution is 2.43. The number of carbonyl (C=O) groups is 1. The van der Waals surface area contributed by atoms with Gasteiger partial charge in [-0.15, -0.1) is 0 Å². The Kier molecular flexibility index (Phi) is 7.40. The third kappa shape index (κ3) is 5.17. The topological polar surface area (TPSA) is 48.4 Å². The molecule has 9 heteroatoms. The third-order valence-electron chi connectivity index (χ3n) is 5.66. The van der Waals surface area contributed by atoms with Gasteiger partial charge >= 0.3 is 5.97 Å².